The van der Waals surface area contributed by atoms with Crippen LogP contribution in [-0.2, 0) is 11.2 Å². The molecule has 0 fully saturated rings. The lowest BCUT2D eigenvalue weighted by Crippen LogP contribution is -2.38. The molecule has 150 valence electrons. The highest BCUT2D eigenvalue weighted by Gasteiger charge is 2.13. The Morgan fingerprint density at radius 1 is 1.04 bits per heavy atom. The maximum atomic E-state index is 13.7. The second kappa shape index (κ2) is 10.3. The summed E-state index contributed by atoms with van der Waals surface area (Å²) in [6.45, 7) is 2.45. The number of ether oxygens (including phenoxy) is 2. The Morgan fingerprint density at radius 2 is 1.75 bits per heavy atom. The average molecular weight is 388 g/mol. The van der Waals surface area contributed by atoms with Gasteiger partial charge >= 0.3 is 0 Å². The normalized spacial score (nSPS) is 10.3. The summed E-state index contributed by atoms with van der Waals surface area (Å²) in [5.74, 6) is 0.309. The van der Waals surface area contributed by atoms with Crippen molar-refractivity contribution in [1.82, 2.24) is 10.2 Å². The number of amides is 2. The number of carbonyl (C=O) groups is 2. The van der Waals surface area contributed by atoms with Gasteiger partial charge in [-0.15, -0.1) is 0 Å². The molecule has 0 atom stereocenters. The molecular weight excluding hydrogens is 363 g/mol. The van der Waals surface area contributed by atoms with Crippen LogP contribution in [0.25, 0.3) is 0 Å². The van der Waals surface area contributed by atoms with E-state index >= 15 is 0 Å². The van der Waals surface area contributed by atoms with E-state index in [1.165, 1.54) is 27.2 Å². The number of nitrogens with one attached hydrogen (secondary N) is 1. The Labute approximate surface area is 164 Å². The second-order valence-corrected chi connectivity index (χ2v) is 6.17. The van der Waals surface area contributed by atoms with E-state index in [1.807, 2.05) is 0 Å². The number of carbonyl (C=O) groups excluding carboxylic acids is 2. The van der Waals surface area contributed by atoms with Gasteiger partial charge < -0.3 is 19.7 Å². The maximum absolute atomic E-state index is 13.7. The molecule has 2 rings (SSSR count). The van der Waals surface area contributed by atoms with Crippen molar-refractivity contribution in [2.24, 2.45) is 0 Å². The largest absolute Gasteiger partial charge is 0.493 e. The molecule has 7 heteroatoms. The Morgan fingerprint density at radius 3 is 2.39 bits per heavy atom. The molecule has 0 aliphatic rings. The van der Waals surface area contributed by atoms with Gasteiger partial charge in [0.05, 0.1) is 14.2 Å². The first-order valence-electron chi connectivity index (χ1n) is 8.95. The van der Waals surface area contributed by atoms with Gasteiger partial charge in [0.15, 0.2) is 11.5 Å². The zero-order chi connectivity index (χ0) is 20.5. The molecule has 0 aromatic heterocycles. The average Bonchev–Trinajstić information content (AvgIpc) is 2.70. The molecular formula is C21H25FN2O4. The number of benzene rings is 2. The van der Waals surface area contributed by atoms with Gasteiger partial charge in [-0.05, 0) is 36.2 Å². The van der Waals surface area contributed by atoms with Gasteiger partial charge in [0.25, 0.3) is 5.91 Å². The Bertz CT molecular complexity index is 826. The fourth-order valence-corrected chi connectivity index (χ4v) is 2.77. The molecule has 0 spiro atoms. The molecule has 28 heavy (non-hydrogen) atoms. The van der Waals surface area contributed by atoms with Crippen molar-refractivity contribution in [3.63, 3.8) is 0 Å². The molecule has 0 radical (unpaired) electrons. The second-order valence-electron chi connectivity index (χ2n) is 6.17. The van der Waals surface area contributed by atoms with Crippen LogP contribution in [0.5, 0.6) is 11.5 Å². The molecule has 0 aliphatic heterocycles. The molecule has 0 heterocycles. The molecule has 2 aromatic rings. The van der Waals surface area contributed by atoms with Crippen LogP contribution in [0.15, 0.2) is 42.5 Å². The number of rotatable bonds is 9. The minimum Gasteiger partial charge on any atom is -0.493 e. The SMILES string of the molecule is COc1ccc(C(=O)NCCN(CCc2ccccc2F)C(C)=O)cc1OC. The quantitative estimate of drug-likeness (QED) is 0.717. The van der Waals surface area contributed by atoms with Gasteiger partial charge in [0.1, 0.15) is 5.82 Å². The van der Waals surface area contributed by atoms with Crippen LogP contribution < -0.4 is 14.8 Å². The van der Waals surface area contributed by atoms with Crippen molar-refractivity contribution >= 4 is 11.8 Å². The summed E-state index contributed by atoms with van der Waals surface area (Å²) >= 11 is 0. The highest BCUT2D eigenvalue weighted by Crippen LogP contribution is 2.27. The maximum Gasteiger partial charge on any atom is 0.251 e. The predicted molar refractivity (Wildman–Crippen MR) is 104 cm³/mol. The first-order valence-corrected chi connectivity index (χ1v) is 8.95. The molecule has 0 saturated heterocycles. The summed E-state index contributed by atoms with van der Waals surface area (Å²) in [5.41, 5.74) is 0.987. The Kier molecular flexibility index (Phi) is 7.80. The van der Waals surface area contributed by atoms with Crippen molar-refractivity contribution < 1.29 is 23.5 Å². The van der Waals surface area contributed by atoms with Gasteiger partial charge in [-0.2, -0.15) is 0 Å². The lowest BCUT2D eigenvalue weighted by molar-refractivity contribution is -0.128. The molecule has 2 amide bonds. The lowest BCUT2D eigenvalue weighted by atomic mass is 10.1. The highest BCUT2D eigenvalue weighted by atomic mass is 19.1. The first-order chi connectivity index (χ1) is 13.5. The third-order valence-corrected chi connectivity index (χ3v) is 4.37. The van der Waals surface area contributed by atoms with Crippen LogP contribution in [0.3, 0.4) is 0 Å². The number of halogens is 1. The van der Waals surface area contributed by atoms with Gasteiger partial charge in [0.2, 0.25) is 5.91 Å². The molecule has 6 nitrogen and oxygen atoms in total. The van der Waals surface area contributed by atoms with Gasteiger partial charge in [-0.25, -0.2) is 4.39 Å². The van der Waals surface area contributed by atoms with Crippen molar-refractivity contribution in [3.8, 4) is 11.5 Å². The molecule has 1 N–H and O–H groups in total. The van der Waals surface area contributed by atoms with E-state index in [0.717, 1.165) is 0 Å². The fraction of sp³-hybridized carbons (Fsp3) is 0.333. The summed E-state index contributed by atoms with van der Waals surface area (Å²) in [6, 6.07) is 11.4. The molecule has 2 aromatic carbocycles. The van der Waals surface area contributed by atoms with E-state index in [2.05, 4.69) is 5.32 Å². The van der Waals surface area contributed by atoms with Gasteiger partial charge in [0, 0.05) is 32.1 Å². The van der Waals surface area contributed by atoms with Gasteiger partial charge in [-0.3, -0.25) is 9.59 Å². The zero-order valence-electron chi connectivity index (χ0n) is 16.3. The third kappa shape index (κ3) is 5.70. The monoisotopic (exact) mass is 388 g/mol. The predicted octanol–water partition coefficient (Wildman–Crippen LogP) is 2.66. The number of nitrogens with zero attached hydrogens (tertiary/aromatic N) is 1. The standard InChI is InChI=1S/C21H25FN2O4/c1-15(25)24(12-10-16-6-4-5-7-18(16)22)13-11-23-21(26)17-8-9-19(27-2)20(14-17)28-3/h4-9,14H,10-13H2,1-3H3,(H,23,26). The number of methoxy groups -OCH3 is 2. The van der Waals surface area contributed by atoms with E-state index in [9.17, 15) is 14.0 Å². The summed E-state index contributed by atoms with van der Waals surface area (Å²) in [7, 11) is 3.02. The smallest absolute Gasteiger partial charge is 0.251 e. The van der Waals surface area contributed by atoms with Crippen LogP contribution in [0, 0.1) is 5.82 Å². The van der Waals surface area contributed by atoms with Crippen LogP contribution in [-0.4, -0.2) is 50.6 Å². The number of hydrogen-bond acceptors (Lipinski definition) is 4. The molecule has 0 unspecified atom stereocenters. The van der Waals surface area contributed by atoms with Crippen molar-refractivity contribution in [2.75, 3.05) is 33.9 Å². The summed E-state index contributed by atoms with van der Waals surface area (Å²) in [4.78, 5) is 25.8. The minimum absolute atomic E-state index is 0.128. The van der Waals surface area contributed by atoms with Crippen LogP contribution in [0.4, 0.5) is 4.39 Å². The van der Waals surface area contributed by atoms with Crippen molar-refractivity contribution in [2.45, 2.75) is 13.3 Å². The van der Waals surface area contributed by atoms with Gasteiger partial charge in [-0.1, -0.05) is 18.2 Å². The zero-order valence-corrected chi connectivity index (χ0v) is 16.3. The van der Waals surface area contributed by atoms with E-state index in [4.69, 9.17) is 9.47 Å². The topological polar surface area (TPSA) is 67.9 Å². The van der Waals surface area contributed by atoms with E-state index in [0.29, 0.717) is 42.1 Å². The Balaban J connectivity index is 1.89. The van der Waals surface area contributed by atoms with Crippen molar-refractivity contribution in [1.29, 1.82) is 0 Å². The van der Waals surface area contributed by atoms with E-state index in [1.54, 1.807) is 41.3 Å². The van der Waals surface area contributed by atoms with Crippen LogP contribution in [0.1, 0.15) is 22.8 Å². The number of hydrogen-bond donors (Lipinski definition) is 1. The highest BCUT2D eigenvalue weighted by molar-refractivity contribution is 5.94. The van der Waals surface area contributed by atoms with Crippen LogP contribution >= 0.6 is 0 Å². The minimum atomic E-state index is -0.284. The van der Waals surface area contributed by atoms with E-state index < -0.39 is 0 Å². The van der Waals surface area contributed by atoms with Crippen LogP contribution in [0.2, 0.25) is 0 Å². The van der Waals surface area contributed by atoms with E-state index in [-0.39, 0.29) is 24.2 Å². The van der Waals surface area contributed by atoms with Crippen molar-refractivity contribution in [3.05, 3.63) is 59.4 Å². The lowest BCUT2D eigenvalue weighted by Gasteiger charge is -2.21. The first kappa shape index (κ1) is 21.2. The summed E-state index contributed by atoms with van der Waals surface area (Å²) in [6.07, 6.45) is 0.413. The third-order valence-electron chi connectivity index (χ3n) is 4.37. The molecule has 0 bridgehead atoms. The summed E-state index contributed by atoms with van der Waals surface area (Å²) < 4.78 is 24.1. The summed E-state index contributed by atoms with van der Waals surface area (Å²) in [5, 5.41) is 2.78. The fourth-order valence-electron chi connectivity index (χ4n) is 2.77. The Hall–Kier alpha value is -3.09. The molecule has 0 aliphatic carbocycles. The molecule has 0 saturated carbocycles.